The maximum absolute atomic E-state index is 12.1. The molecule has 0 aliphatic heterocycles. The van der Waals surface area contributed by atoms with Crippen molar-refractivity contribution in [3.8, 4) is 0 Å². The van der Waals surface area contributed by atoms with Crippen LogP contribution in [-0.4, -0.2) is 5.91 Å². The molecular weight excluding hydrogens is 409 g/mol. The normalized spacial score (nSPS) is 10.4. The van der Waals surface area contributed by atoms with E-state index in [0.717, 1.165) is 13.7 Å². The number of benzene rings is 1. The molecule has 0 radical (unpaired) electrons. The molecule has 2 rings (SSSR count). The largest absolute Gasteiger partial charge is 0.469 e. The molecule has 0 saturated carbocycles. The fourth-order valence-corrected chi connectivity index (χ4v) is 2.99. The Morgan fingerprint density at radius 1 is 1.44 bits per heavy atom. The number of nitrogens with one attached hydrogen (secondary N) is 1. The van der Waals surface area contributed by atoms with Crippen molar-refractivity contribution in [2.45, 2.75) is 13.3 Å². The lowest BCUT2D eigenvalue weighted by Crippen LogP contribution is -2.13. The second-order valence-corrected chi connectivity index (χ2v) is 5.79. The van der Waals surface area contributed by atoms with Crippen molar-refractivity contribution in [1.29, 1.82) is 0 Å². The summed E-state index contributed by atoms with van der Waals surface area (Å²) in [7, 11) is 0. The van der Waals surface area contributed by atoms with Gasteiger partial charge in [-0.05, 0) is 62.8 Å². The van der Waals surface area contributed by atoms with Gasteiger partial charge in [0.2, 0.25) is 0 Å². The first-order chi connectivity index (χ1) is 8.61. The maximum atomic E-state index is 12.1. The Balaban J connectivity index is 2.21. The van der Waals surface area contributed by atoms with E-state index in [4.69, 9.17) is 4.42 Å². The summed E-state index contributed by atoms with van der Waals surface area (Å²) in [5.74, 6) is 0.552. The molecule has 1 N–H and O–H groups in total. The quantitative estimate of drug-likeness (QED) is 0.746. The minimum Gasteiger partial charge on any atom is -0.469 e. The van der Waals surface area contributed by atoms with E-state index in [1.54, 1.807) is 6.07 Å². The number of halogens is 2. The molecule has 94 valence electrons. The summed E-state index contributed by atoms with van der Waals surface area (Å²) < 4.78 is 7.22. The van der Waals surface area contributed by atoms with Crippen molar-refractivity contribution in [3.05, 3.63) is 49.9 Å². The number of hydrogen-bond acceptors (Lipinski definition) is 2. The fraction of sp³-hybridized carbons (Fsp3) is 0.154. The molecule has 0 spiro atoms. The third-order valence-corrected chi connectivity index (χ3v) is 3.82. The third-order valence-electron chi connectivity index (χ3n) is 2.49. The lowest BCUT2D eigenvalue weighted by Gasteiger charge is -2.07. The van der Waals surface area contributed by atoms with E-state index in [0.29, 0.717) is 17.7 Å². The van der Waals surface area contributed by atoms with Gasteiger partial charge >= 0.3 is 0 Å². The van der Waals surface area contributed by atoms with Gasteiger partial charge in [-0.25, -0.2) is 0 Å². The summed E-state index contributed by atoms with van der Waals surface area (Å²) in [4.78, 5) is 12.1. The van der Waals surface area contributed by atoms with E-state index in [-0.39, 0.29) is 5.91 Å². The second kappa shape index (κ2) is 5.88. The summed E-state index contributed by atoms with van der Waals surface area (Å²) in [6, 6.07) is 7.45. The number of carbonyl (C=O) groups is 1. The highest BCUT2D eigenvalue weighted by atomic mass is 127. The number of rotatable bonds is 3. The smallest absolute Gasteiger partial charge is 0.259 e. The number of furan rings is 1. The average molecular weight is 420 g/mol. The highest BCUT2D eigenvalue weighted by Gasteiger charge is 2.14. The lowest BCUT2D eigenvalue weighted by molar-refractivity contribution is 0.102. The Bertz CT molecular complexity index is 580. The van der Waals surface area contributed by atoms with Crippen LogP contribution < -0.4 is 5.32 Å². The molecule has 3 nitrogen and oxygen atoms in total. The van der Waals surface area contributed by atoms with Crippen molar-refractivity contribution in [2.24, 2.45) is 0 Å². The van der Waals surface area contributed by atoms with Crippen LogP contribution in [0.2, 0.25) is 0 Å². The van der Waals surface area contributed by atoms with Gasteiger partial charge in [-0.2, -0.15) is 0 Å². The molecule has 1 aromatic carbocycles. The van der Waals surface area contributed by atoms with Crippen LogP contribution in [0, 0.1) is 3.57 Å². The van der Waals surface area contributed by atoms with Crippen molar-refractivity contribution < 1.29 is 9.21 Å². The number of aryl methyl sites for hydroxylation is 1. The van der Waals surface area contributed by atoms with Gasteiger partial charge in [0.05, 0.1) is 17.5 Å². The van der Waals surface area contributed by atoms with E-state index in [2.05, 4.69) is 43.8 Å². The molecular formula is C13H11BrINO2. The Morgan fingerprint density at radius 2 is 2.22 bits per heavy atom. The van der Waals surface area contributed by atoms with Gasteiger partial charge < -0.3 is 9.73 Å². The molecule has 0 bridgehead atoms. The molecule has 0 aliphatic carbocycles. The molecule has 0 atom stereocenters. The topological polar surface area (TPSA) is 42.2 Å². The van der Waals surface area contributed by atoms with E-state index < -0.39 is 0 Å². The standard InChI is InChI=1S/C13H11BrINO2/c1-2-12-9(5-6-18-12)13(17)16-11-4-3-8(15)7-10(11)14/h3-7H,2H2,1H3,(H,16,17). The van der Waals surface area contributed by atoms with E-state index in [9.17, 15) is 4.79 Å². The first-order valence-corrected chi connectivity index (χ1v) is 7.31. The zero-order valence-electron chi connectivity index (χ0n) is 9.67. The van der Waals surface area contributed by atoms with Gasteiger partial charge in [0.15, 0.2) is 0 Å². The minimum atomic E-state index is -0.150. The summed E-state index contributed by atoms with van der Waals surface area (Å²) in [5.41, 5.74) is 1.34. The van der Waals surface area contributed by atoms with Gasteiger partial charge in [-0.1, -0.05) is 6.92 Å². The SMILES string of the molecule is CCc1occc1C(=O)Nc1ccc(I)cc1Br. The first-order valence-electron chi connectivity index (χ1n) is 5.44. The van der Waals surface area contributed by atoms with E-state index >= 15 is 0 Å². The number of hydrogen-bond donors (Lipinski definition) is 1. The number of carbonyl (C=O) groups excluding carboxylic acids is 1. The van der Waals surface area contributed by atoms with Crippen LogP contribution in [0.1, 0.15) is 23.0 Å². The molecule has 5 heteroatoms. The van der Waals surface area contributed by atoms with E-state index in [1.807, 2.05) is 25.1 Å². The number of anilines is 1. The van der Waals surface area contributed by atoms with Gasteiger partial charge in [-0.3, -0.25) is 4.79 Å². The highest BCUT2D eigenvalue weighted by molar-refractivity contribution is 14.1. The van der Waals surface area contributed by atoms with Crippen LogP contribution in [-0.2, 0) is 6.42 Å². The molecule has 18 heavy (non-hydrogen) atoms. The van der Waals surface area contributed by atoms with Crippen LogP contribution in [0.3, 0.4) is 0 Å². The van der Waals surface area contributed by atoms with Crippen molar-refractivity contribution in [1.82, 2.24) is 0 Å². The van der Waals surface area contributed by atoms with Crippen molar-refractivity contribution in [3.63, 3.8) is 0 Å². The molecule has 0 saturated heterocycles. The predicted octanol–water partition coefficient (Wildman–Crippen LogP) is 4.46. The molecule has 0 fully saturated rings. The predicted molar refractivity (Wildman–Crippen MR) is 82.9 cm³/mol. The van der Waals surface area contributed by atoms with Crippen LogP contribution in [0.5, 0.6) is 0 Å². The second-order valence-electron chi connectivity index (χ2n) is 3.69. The lowest BCUT2D eigenvalue weighted by atomic mass is 10.2. The molecule has 1 amide bonds. The molecule has 1 heterocycles. The average Bonchev–Trinajstić information content (AvgIpc) is 2.81. The fourth-order valence-electron chi connectivity index (χ4n) is 1.60. The number of amides is 1. The Labute approximate surface area is 127 Å². The van der Waals surface area contributed by atoms with Crippen LogP contribution >= 0.6 is 38.5 Å². The van der Waals surface area contributed by atoms with Crippen LogP contribution in [0.4, 0.5) is 5.69 Å². The van der Waals surface area contributed by atoms with Crippen molar-refractivity contribution >= 4 is 50.1 Å². The Kier molecular flexibility index (Phi) is 4.45. The Morgan fingerprint density at radius 3 is 2.89 bits per heavy atom. The molecule has 0 unspecified atom stereocenters. The van der Waals surface area contributed by atoms with Gasteiger partial charge in [0, 0.05) is 14.5 Å². The third kappa shape index (κ3) is 2.95. The Hall–Kier alpha value is -0.820. The zero-order valence-corrected chi connectivity index (χ0v) is 13.4. The van der Waals surface area contributed by atoms with Gasteiger partial charge in [0.25, 0.3) is 5.91 Å². The van der Waals surface area contributed by atoms with Crippen LogP contribution in [0.15, 0.2) is 39.4 Å². The van der Waals surface area contributed by atoms with Crippen LogP contribution in [0.25, 0.3) is 0 Å². The molecule has 0 aliphatic rings. The monoisotopic (exact) mass is 419 g/mol. The van der Waals surface area contributed by atoms with Gasteiger partial charge in [-0.15, -0.1) is 0 Å². The summed E-state index contributed by atoms with van der Waals surface area (Å²) in [6.45, 7) is 1.95. The molecule has 1 aromatic heterocycles. The summed E-state index contributed by atoms with van der Waals surface area (Å²) in [5, 5.41) is 2.87. The highest BCUT2D eigenvalue weighted by Crippen LogP contribution is 2.25. The maximum Gasteiger partial charge on any atom is 0.259 e. The van der Waals surface area contributed by atoms with E-state index in [1.165, 1.54) is 6.26 Å². The summed E-state index contributed by atoms with van der Waals surface area (Å²) >= 11 is 5.65. The van der Waals surface area contributed by atoms with Crippen molar-refractivity contribution in [2.75, 3.05) is 5.32 Å². The summed E-state index contributed by atoms with van der Waals surface area (Å²) in [6.07, 6.45) is 2.24. The molecule has 2 aromatic rings. The minimum absolute atomic E-state index is 0.150. The first kappa shape index (κ1) is 13.6. The van der Waals surface area contributed by atoms with Gasteiger partial charge in [0.1, 0.15) is 5.76 Å². The zero-order chi connectivity index (χ0) is 13.1.